The number of carbonyl (C=O) groups excluding carboxylic acids is 2. The van der Waals surface area contributed by atoms with Crippen molar-refractivity contribution in [1.82, 2.24) is 4.98 Å². The number of benzene rings is 1. The molecule has 0 fully saturated rings. The van der Waals surface area contributed by atoms with Crippen LogP contribution in [0.15, 0.2) is 29.6 Å². The van der Waals surface area contributed by atoms with Gasteiger partial charge < -0.3 is 11.1 Å². The molecule has 0 aliphatic carbocycles. The van der Waals surface area contributed by atoms with Crippen LogP contribution in [0.4, 0.5) is 5.69 Å². The fourth-order valence-electron chi connectivity index (χ4n) is 2.06. The summed E-state index contributed by atoms with van der Waals surface area (Å²) in [7, 11) is 0. The minimum Gasteiger partial charge on any atom is -0.330 e. The molecule has 2 aromatic rings. The summed E-state index contributed by atoms with van der Waals surface area (Å²) in [6.07, 6.45) is 1.94. The Morgan fingerprint density at radius 3 is 2.82 bits per heavy atom. The van der Waals surface area contributed by atoms with Crippen LogP contribution in [0.1, 0.15) is 34.4 Å². The number of nitrogens with two attached hydrogens (primary N) is 1. The van der Waals surface area contributed by atoms with Crippen LogP contribution >= 0.6 is 11.3 Å². The Hall–Kier alpha value is -2.05. The van der Waals surface area contributed by atoms with Crippen LogP contribution in [-0.4, -0.2) is 23.2 Å². The molecule has 1 aromatic heterocycles. The molecule has 116 valence electrons. The molecule has 1 heterocycles. The Labute approximate surface area is 133 Å². The largest absolute Gasteiger partial charge is 0.330 e. The lowest BCUT2D eigenvalue weighted by Crippen LogP contribution is -2.16. The van der Waals surface area contributed by atoms with Crippen molar-refractivity contribution in [3.63, 3.8) is 0 Å². The normalized spacial score (nSPS) is 10.5. The van der Waals surface area contributed by atoms with Crippen LogP contribution in [0.5, 0.6) is 0 Å². The van der Waals surface area contributed by atoms with E-state index in [4.69, 9.17) is 5.73 Å². The van der Waals surface area contributed by atoms with Gasteiger partial charge in [0.05, 0.1) is 22.8 Å². The monoisotopic (exact) mass is 317 g/mol. The first kappa shape index (κ1) is 16.3. The molecule has 3 N–H and O–H groups in total. The molecule has 0 atom stereocenters. The van der Waals surface area contributed by atoms with E-state index in [-0.39, 0.29) is 18.1 Å². The molecular formula is C16H19N3O2S. The Balaban J connectivity index is 1.98. The zero-order valence-corrected chi connectivity index (χ0v) is 13.3. The van der Waals surface area contributed by atoms with Crippen molar-refractivity contribution in [2.75, 3.05) is 11.9 Å². The van der Waals surface area contributed by atoms with Crippen LogP contribution in [0, 0.1) is 0 Å². The summed E-state index contributed by atoms with van der Waals surface area (Å²) in [5.74, 6) is -0.252. The molecule has 0 saturated heterocycles. The van der Waals surface area contributed by atoms with Crippen molar-refractivity contribution in [2.24, 2.45) is 5.73 Å². The maximum atomic E-state index is 12.1. The van der Waals surface area contributed by atoms with E-state index in [1.54, 1.807) is 35.6 Å². The van der Waals surface area contributed by atoms with Crippen LogP contribution in [0.3, 0.4) is 0 Å². The van der Waals surface area contributed by atoms with Gasteiger partial charge in [-0.3, -0.25) is 9.59 Å². The van der Waals surface area contributed by atoms with Gasteiger partial charge in [-0.05, 0) is 32.0 Å². The van der Waals surface area contributed by atoms with E-state index in [9.17, 15) is 9.59 Å². The van der Waals surface area contributed by atoms with Gasteiger partial charge in [-0.25, -0.2) is 4.98 Å². The quantitative estimate of drug-likeness (QED) is 0.768. The van der Waals surface area contributed by atoms with Gasteiger partial charge in [0.15, 0.2) is 5.78 Å². The molecule has 1 amide bonds. The van der Waals surface area contributed by atoms with Gasteiger partial charge in [-0.1, -0.05) is 12.1 Å². The van der Waals surface area contributed by atoms with Crippen molar-refractivity contribution < 1.29 is 9.59 Å². The van der Waals surface area contributed by atoms with Gasteiger partial charge in [0.25, 0.3) is 0 Å². The molecule has 0 aliphatic rings. The topological polar surface area (TPSA) is 85.1 Å². The number of amides is 1. The van der Waals surface area contributed by atoms with Gasteiger partial charge in [0.2, 0.25) is 5.91 Å². The van der Waals surface area contributed by atoms with Gasteiger partial charge in [-0.15, -0.1) is 11.3 Å². The zero-order chi connectivity index (χ0) is 15.9. The Morgan fingerprint density at radius 2 is 2.09 bits per heavy atom. The van der Waals surface area contributed by atoms with Crippen LogP contribution in [-0.2, 0) is 17.6 Å². The van der Waals surface area contributed by atoms with E-state index in [1.165, 1.54) is 6.92 Å². The number of thiazole rings is 1. The highest BCUT2D eigenvalue weighted by Crippen LogP contribution is 2.17. The fourth-order valence-corrected chi connectivity index (χ4v) is 2.90. The predicted molar refractivity (Wildman–Crippen MR) is 88.3 cm³/mol. The first-order valence-electron chi connectivity index (χ1n) is 7.13. The summed E-state index contributed by atoms with van der Waals surface area (Å²) < 4.78 is 0. The number of aromatic nitrogens is 1. The minimum atomic E-state index is -0.177. The van der Waals surface area contributed by atoms with Gasteiger partial charge in [0.1, 0.15) is 0 Å². The molecule has 1 aromatic carbocycles. The summed E-state index contributed by atoms with van der Waals surface area (Å²) in [6.45, 7) is 2.12. The molecule has 6 heteroatoms. The van der Waals surface area contributed by atoms with E-state index in [1.807, 2.05) is 5.38 Å². The van der Waals surface area contributed by atoms with E-state index >= 15 is 0 Å². The summed E-state index contributed by atoms with van der Waals surface area (Å²) in [5, 5.41) is 5.67. The maximum absolute atomic E-state index is 12.1. The molecule has 0 aliphatic heterocycles. The summed E-state index contributed by atoms with van der Waals surface area (Å²) in [6, 6.07) is 6.99. The fraction of sp³-hybridized carbons (Fsp3) is 0.312. The van der Waals surface area contributed by atoms with Crippen LogP contribution in [0.2, 0.25) is 0 Å². The lowest BCUT2D eigenvalue weighted by Gasteiger charge is -2.08. The van der Waals surface area contributed by atoms with Crippen molar-refractivity contribution in [3.8, 4) is 0 Å². The predicted octanol–water partition coefficient (Wildman–Crippen LogP) is 2.42. The molecule has 0 unspecified atom stereocenters. The third-order valence-electron chi connectivity index (χ3n) is 3.12. The smallest absolute Gasteiger partial charge is 0.230 e. The first-order chi connectivity index (χ1) is 10.6. The Kier molecular flexibility index (Phi) is 5.80. The minimum absolute atomic E-state index is 0.0753. The standard InChI is InChI=1S/C16H19N3O2S/c1-11(20)13-5-2-3-6-14(13)19-15(21)9-12-10-22-16(18-12)7-4-8-17/h2-3,5-6,10H,4,7-9,17H2,1H3,(H,19,21). The number of aryl methyl sites for hydroxylation is 1. The number of hydrogen-bond donors (Lipinski definition) is 2. The van der Waals surface area contributed by atoms with Crippen molar-refractivity contribution in [3.05, 3.63) is 45.9 Å². The summed E-state index contributed by atoms with van der Waals surface area (Å²) in [4.78, 5) is 28.1. The Bertz CT molecular complexity index is 667. The highest BCUT2D eigenvalue weighted by molar-refractivity contribution is 7.09. The first-order valence-corrected chi connectivity index (χ1v) is 8.01. The zero-order valence-electron chi connectivity index (χ0n) is 12.5. The van der Waals surface area contributed by atoms with E-state index in [2.05, 4.69) is 10.3 Å². The third kappa shape index (κ3) is 4.47. The molecule has 0 bridgehead atoms. The second-order valence-corrected chi connectivity index (χ2v) is 5.89. The lowest BCUT2D eigenvalue weighted by atomic mass is 10.1. The molecule has 5 nitrogen and oxygen atoms in total. The number of ketones is 1. The number of nitrogens with one attached hydrogen (secondary N) is 1. The number of rotatable bonds is 7. The maximum Gasteiger partial charge on any atom is 0.230 e. The van der Waals surface area contributed by atoms with Crippen LogP contribution < -0.4 is 11.1 Å². The van der Waals surface area contributed by atoms with E-state index in [0.717, 1.165) is 23.5 Å². The molecule has 22 heavy (non-hydrogen) atoms. The number of carbonyl (C=O) groups is 2. The molecular weight excluding hydrogens is 298 g/mol. The number of nitrogens with zero attached hydrogens (tertiary/aromatic N) is 1. The number of Topliss-reactive ketones (excluding diaryl/α,β-unsaturated/α-hetero) is 1. The highest BCUT2D eigenvalue weighted by atomic mass is 32.1. The second kappa shape index (κ2) is 7.82. The molecule has 2 rings (SSSR count). The molecule has 0 spiro atoms. The average molecular weight is 317 g/mol. The highest BCUT2D eigenvalue weighted by Gasteiger charge is 2.11. The number of anilines is 1. The van der Waals surface area contributed by atoms with Crippen molar-refractivity contribution in [1.29, 1.82) is 0 Å². The third-order valence-corrected chi connectivity index (χ3v) is 4.07. The summed E-state index contributed by atoms with van der Waals surface area (Å²) >= 11 is 1.55. The molecule has 0 radical (unpaired) electrons. The van der Waals surface area contributed by atoms with Crippen LogP contribution in [0.25, 0.3) is 0 Å². The Morgan fingerprint density at radius 1 is 1.32 bits per heavy atom. The van der Waals surface area contributed by atoms with Gasteiger partial charge in [-0.2, -0.15) is 0 Å². The van der Waals surface area contributed by atoms with E-state index < -0.39 is 0 Å². The van der Waals surface area contributed by atoms with Gasteiger partial charge >= 0.3 is 0 Å². The lowest BCUT2D eigenvalue weighted by molar-refractivity contribution is -0.115. The van der Waals surface area contributed by atoms with Crippen molar-refractivity contribution in [2.45, 2.75) is 26.2 Å². The SMILES string of the molecule is CC(=O)c1ccccc1NC(=O)Cc1csc(CCCN)n1. The number of para-hydroxylation sites is 1. The van der Waals surface area contributed by atoms with Gasteiger partial charge in [0, 0.05) is 17.4 Å². The molecule has 0 saturated carbocycles. The summed E-state index contributed by atoms with van der Waals surface area (Å²) in [5.41, 5.74) is 7.27. The second-order valence-electron chi connectivity index (χ2n) is 4.95. The average Bonchev–Trinajstić information content (AvgIpc) is 2.92. The van der Waals surface area contributed by atoms with Crippen molar-refractivity contribution >= 4 is 28.7 Å². The van der Waals surface area contributed by atoms with E-state index in [0.29, 0.717) is 17.8 Å². The number of hydrogen-bond acceptors (Lipinski definition) is 5.